The van der Waals surface area contributed by atoms with Crippen LogP contribution in [0.2, 0.25) is 0 Å². The third-order valence-corrected chi connectivity index (χ3v) is 3.43. The fraction of sp³-hybridized carbons (Fsp3) is 0.500. The van der Waals surface area contributed by atoms with Gasteiger partial charge in [0.15, 0.2) is 0 Å². The molecule has 108 valence electrons. The van der Waals surface area contributed by atoms with Crippen molar-refractivity contribution in [2.75, 3.05) is 39.8 Å². The van der Waals surface area contributed by atoms with Crippen molar-refractivity contribution in [2.45, 2.75) is 13.0 Å². The molecule has 1 aliphatic heterocycles. The van der Waals surface area contributed by atoms with Gasteiger partial charge in [-0.15, -0.1) is 0 Å². The summed E-state index contributed by atoms with van der Waals surface area (Å²) in [4.78, 5) is 4.63. The lowest BCUT2D eigenvalue weighted by Gasteiger charge is -2.32. The van der Waals surface area contributed by atoms with Gasteiger partial charge < -0.3 is 10.0 Å². The number of aliphatic hydroxyl groups is 1. The third-order valence-electron chi connectivity index (χ3n) is 3.43. The minimum atomic E-state index is -0.245. The Morgan fingerprint density at radius 2 is 1.95 bits per heavy atom. The van der Waals surface area contributed by atoms with Crippen molar-refractivity contribution >= 4 is 0 Å². The number of likely N-dealkylation sites (N-methyl/N-ethyl adjacent to an activating group) is 1. The predicted molar refractivity (Wildman–Crippen MR) is 77.8 cm³/mol. The topological polar surface area (TPSA) is 26.7 Å². The zero-order valence-corrected chi connectivity index (χ0v) is 11.9. The minimum absolute atomic E-state index is 0.0382. The first-order chi connectivity index (χ1) is 9.67. The maximum absolute atomic E-state index is 13.6. The Bertz CT molecular complexity index is 499. The Labute approximate surface area is 120 Å². The highest BCUT2D eigenvalue weighted by molar-refractivity contribution is 5.37. The Morgan fingerprint density at radius 3 is 2.65 bits per heavy atom. The van der Waals surface area contributed by atoms with E-state index in [1.54, 1.807) is 6.07 Å². The van der Waals surface area contributed by atoms with Gasteiger partial charge in [-0.3, -0.25) is 4.90 Å². The molecule has 0 radical (unpaired) electrons. The second-order valence-electron chi connectivity index (χ2n) is 5.20. The molecule has 1 aliphatic rings. The van der Waals surface area contributed by atoms with E-state index in [9.17, 15) is 4.39 Å². The molecule has 1 aromatic rings. The van der Waals surface area contributed by atoms with Gasteiger partial charge in [0.05, 0.1) is 6.61 Å². The van der Waals surface area contributed by atoms with Gasteiger partial charge in [0, 0.05) is 44.7 Å². The fourth-order valence-electron chi connectivity index (χ4n) is 2.30. The maximum Gasteiger partial charge on any atom is 0.124 e. The van der Waals surface area contributed by atoms with Crippen molar-refractivity contribution in [1.82, 2.24) is 9.80 Å². The summed E-state index contributed by atoms with van der Waals surface area (Å²) in [6.45, 7) is 4.94. The highest BCUT2D eigenvalue weighted by Crippen LogP contribution is 2.12. The molecule has 0 spiro atoms. The van der Waals surface area contributed by atoms with Crippen LogP contribution in [-0.2, 0) is 6.54 Å². The third kappa shape index (κ3) is 4.61. The average Bonchev–Trinajstić information content (AvgIpc) is 2.41. The van der Waals surface area contributed by atoms with Crippen molar-refractivity contribution in [3.05, 3.63) is 35.1 Å². The monoisotopic (exact) mass is 276 g/mol. The summed E-state index contributed by atoms with van der Waals surface area (Å²) in [6, 6.07) is 4.96. The van der Waals surface area contributed by atoms with E-state index in [1.807, 2.05) is 6.07 Å². The standard InChI is InChI=1S/C16H21FN2O/c1-18-5-7-19(8-6-18)13-15-10-14(4-2-3-9-20)11-16(17)12-15/h10-12,20H,3,5-9,13H2,1H3. The lowest BCUT2D eigenvalue weighted by Crippen LogP contribution is -2.43. The van der Waals surface area contributed by atoms with Crippen molar-refractivity contribution in [2.24, 2.45) is 0 Å². The second kappa shape index (κ2) is 7.39. The van der Waals surface area contributed by atoms with Crippen LogP contribution in [0.5, 0.6) is 0 Å². The first kappa shape index (κ1) is 15.0. The van der Waals surface area contributed by atoms with Gasteiger partial charge in [0.1, 0.15) is 5.82 Å². The van der Waals surface area contributed by atoms with Crippen LogP contribution in [0.1, 0.15) is 17.5 Å². The van der Waals surface area contributed by atoms with Crippen molar-refractivity contribution in [3.63, 3.8) is 0 Å². The Balaban J connectivity index is 2.02. The molecule has 1 heterocycles. The quantitative estimate of drug-likeness (QED) is 0.843. The van der Waals surface area contributed by atoms with E-state index in [-0.39, 0.29) is 12.4 Å². The number of hydrogen-bond donors (Lipinski definition) is 1. The van der Waals surface area contributed by atoms with E-state index in [2.05, 4.69) is 28.7 Å². The molecule has 1 fully saturated rings. The van der Waals surface area contributed by atoms with Gasteiger partial charge in [0.25, 0.3) is 0 Å². The summed E-state index contributed by atoms with van der Waals surface area (Å²) in [5.74, 6) is 5.48. The summed E-state index contributed by atoms with van der Waals surface area (Å²) in [6.07, 6.45) is 0.421. The van der Waals surface area contributed by atoms with Crippen molar-refractivity contribution < 1.29 is 9.50 Å². The van der Waals surface area contributed by atoms with Crippen LogP contribution in [0.4, 0.5) is 4.39 Å². The van der Waals surface area contributed by atoms with Gasteiger partial charge in [-0.05, 0) is 30.8 Å². The molecule has 0 aromatic heterocycles. The molecule has 2 rings (SSSR count). The lowest BCUT2D eigenvalue weighted by molar-refractivity contribution is 0.148. The minimum Gasteiger partial charge on any atom is -0.395 e. The number of aliphatic hydroxyl groups excluding tert-OH is 1. The van der Waals surface area contributed by atoms with E-state index >= 15 is 0 Å². The number of hydrogen-bond acceptors (Lipinski definition) is 3. The second-order valence-corrected chi connectivity index (χ2v) is 5.20. The van der Waals surface area contributed by atoms with Gasteiger partial charge in [0.2, 0.25) is 0 Å². The van der Waals surface area contributed by atoms with Crippen LogP contribution in [0.3, 0.4) is 0 Å². The molecule has 1 N–H and O–H groups in total. The number of benzene rings is 1. The first-order valence-electron chi connectivity index (χ1n) is 6.97. The zero-order valence-electron chi connectivity index (χ0n) is 11.9. The smallest absolute Gasteiger partial charge is 0.124 e. The summed E-state index contributed by atoms with van der Waals surface area (Å²) < 4.78 is 13.6. The normalized spacial score (nSPS) is 16.8. The SMILES string of the molecule is CN1CCN(Cc2cc(F)cc(C#CCCO)c2)CC1. The summed E-state index contributed by atoms with van der Waals surface area (Å²) in [7, 11) is 2.12. The highest BCUT2D eigenvalue weighted by atomic mass is 19.1. The lowest BCUT2D eigenvalue weighted by atomic mass is 10.1. The Hall–Kier alpha value is -1.41. The molecule has 0 unspecified atom stereocenters. The van der Waals surface area contributed by atoms with Crippen molar-refractivity contribution in [3.8, 4) is 11.8 Å². The highest BCUT2D eigenvalue weighted by Gasteiger charge is 2.14. The number of nitrogens with zero attached hydrogens (tertiary/aromatic N) is 2. The van der Waals surface area contributed by atoms with Gasteiger partial charge in [-0.25, -0.2) is 4.39 Å². The zero-order chi connectivity index (χ0) is 14.4. The van der Waals surface area contributed by atoms with Crippen LogP contribution in [0, 0.1) is 17.7 Å². The van der Waals surface area contributed by atoms with Crippen LogP contribution in [0.15, 0.2) is 18.2 Å². The number of rotatable bonds is 3. The molecule has 0 bridgehead atoms. The molecule has 1 saturated heterocycles. The summed E-state index contributed by atoms with van der Waals surface area (Å²) in [5.41, 5.74) is 1.64. The molecule has 1 aromatic carbocycles. The van der Waals surface area contributed by atoms with E-state index < -0.39 is 0 Å². The van der Waals surface area contributed by atoms with Crippen LogP contribution < -0.4 is 0 Å². The summed E-state index contributed by atoms with van der Waals surface area (Å²) >= 11 is 0. The average molecular weight is 276 g/mol. The number of piperazine rings is 1. The molecule has 20 heavy (non-hydrogen) atoms. The molecule has 3 nitrogen and oxygen atoms in total. The van der Waals surface area contributed by atoms with Crippen molar-refractivity contribution in [1.29, 1.82) is 0 Å². The maximum atomic E-state index is 13.6. The molecule has 0 atom stereocenters. The predicted octanol–water partition coefficient (Wildman–Crippen LogP) is 1.31. The van der Waals surface area contributed by atoms with E-state index in [0.717, 1.165) is 38.3 Å². The fourth-order valence-corrected chi connectivity index (χ4v) is 2.30. The largest absolute Gasteiger partial charge is 0.395 e. The molecular weight excluding hydrogens is 255 g/mol. The van der Waals surface area contributed by atoms with Crippen LogP contribution in [0.25, 0.3) is 0 Å². The van der Waals surface area contributed by atoms with Crippen LogP contribution in [-0.4, -0.2) is 54.7 Å². The summed E-state index contributed by atoms with van der Waals surface area (Å²) in [5, 5.41) is 8.70. The Morgan fingerprint density at radius 1 is 1.20 bits per heavy atom. The van der Waals surface area contributed by atoms with Gasteiger partial charge in [-0.1, -0.05) is 11.8 Å². The Kier molecular flexibility index (Phi) is 5.54. The molecule has 0 amide bonds. The van der Waals surface area contributed by atoms with Gasteiger partial charge >= 0.3 is 0 Å². The molecular formula is C16H21FN2O. The number of halogens is 1. The molecule has 0 saturated carbocycles. The molecule has 4 heteroatoms. The van der Waals surface area contributed by atoms with E-state index in [4.69, 9.17) is 5.11 Å². The van der Waals surface area contributed by atoms with E-state index in [0.29, 0.717) is 12.0 Å². The van der Waals surface area contributed by atoms with Crippen LogP contribution >= 0.6 is 0 Å². The first-order valence-corrected chi connectivity index (χ1v) is 6.97. The van der Waals surface area contributed by atoms with Gasteiger partial charge in [-0.2, -0.15) is 0 Å². The molecule has 0 aliphatic carbocycles. The van der Waals surface area contributed by atoms with E-state index in [1.165, 1.54) is 6.07 Å².